The minimum Gasteiger partial charge on any atom is -0.790 e. The van der Waals surface area contributed by atoms with Crippen LogP contribution in [0.25, 0.3) is 0 Å². The minimum atomic E-state index is -6.00. The third-order valence-electron chi connectivity index (χ3n) is 6.77. The molecular weight excluding hydrogens is 852 g/mol. The second kappa shape index (κ2) is 33.6. The number of rotatable bonds is 35. The van der Waals surface area contributed by atoms with Crippen LogP contribution in [-0.2, 0) is 84.1 Å². The van der Waals surface area contributed by atoms with E-state index in [-0.39, 0.29) is 33.0 Å². The first kappa shape index (κ1) is 55.9. The van der Waals surface area contributed by atoms with Crippen molar-refractivity contribution < 1.29 is 124 Å². The van der Waals surface area contributed by atoms with Crippen LogP contribution >= 0.6 is 32.2 Å². The second-order valence-electron chi connectivity index (χ2n) is 10.8. The monoisotopic (exact) mass is 900 g/mol. The molecule has 0 N–H and O–H groups in total. The summed E-state index contributed by atoms with van der Waals surface area (Å²) in [5.41, 5.74) is 0. The molecule has 0 radical (unpaired) electrons. The number of phosphoric acid groups is 3. The largest absolute Gasteiger partial charge is 0.790 e. The van der Waals surface area contributed by atoms with E-state index in [1.54, 1.807) is 7.11 Å². The zero-order valence-electron chi connectivity index (χ0n) is 30.6. The normalized spacial score (nSPS) is 22.0. The van der Waals surface area contributed by atoms with E-state index in [0.717, 1.165) is 6.92 Å². The van der Waals surface area contributed by atoms with E-state index in [2.05, 4.69) is 18.5 Å². The summed E-state index contributed by atoms with van der Waals surface area (Å²) in [6.45, 7) is 5.85. The third-order valence-corrected chi connectivity index (χ3v) is 8.27. The Kier molecular flexibility index (Phi) is 33.6. The summed E-state index contributed by atoms with van der Waals surface area (Å²) in [4.78, 5) is 80.4. The van der Waals surface area contributed by atoms with Gasteiger partial charge in [0.25, 0.3) is 0 Å². The van der Waals surface area contributed by atoms with Crippen molar-refractivity contribution in [1.29, 1.82) is 0 Å². The summed E-state index contributed by atoms with van der Waals surface area (Å²) in [6.07, 6.45) is -11.0. The maximum atomic E-state index is 11.6. The minimum absolute atomic E-state index is 0.00158. The van der Waals surface area contributed by atoms with E-state index < -0.39 is 75.2 Å². The van der Waals surface area contributed by atoms with Crippen molar-refractivity contribution in [3.63, 3.8) is 0 Å². The highest BCUT2D eigenvalue weighted by Crippen LogP contribution is 2.46. The molecule has 6 unspecified atom stereocenters. The van der Waals surface area contributed by atoms with Gasteiger partial charge in [-0.05, 0) is 0 Å². The standard InChI is InChI=1S/C26H55O24P3.HO2P/c1-21-22(48-51(28,29)30)25(47-27)24(26(50-53(34,35)36)23(21)49-52(31,32)33)46-20-19-45-18-17-44-16-15-43-14-13-42-12-11-41-10-9-40-8-7-39-6-5-38-4-3-37-2;1-3-2/h21-27H,3-20H2,1-2H3,(H2,28,29,30)(H2,31,32,33)(H2,34,35,36);(H,1,2)/p-8. The predicted octanol–water partition coefficient (Wildman–Crippen LogP) is -6.34. The zero-order chi connectivity index (χ0) is 42.3. The number of hydrogen-bond acceptors (Lipinski definition) is 26. The van der Waals surface area contributed by atoms with E-state index in [9.17, 15) is 48.3 Å². The summed E-state index contributed by atoms with van der Waals surface area (Å²) in [7, 11) is -17.4. The third kappa shape index (κ3) is 30.9. The molecule has 0 bridgehead atoms. The van der Waals surface area contributed by atoms with Gasteiger partial charge >= 0.3 is 0 Å². The Hall–Kier alpha value is -0.0900. The molecule has 0 aliphatic heterocycles. The molecule has 56 heavy (non-hydrogen) atoms. The van der Waals surface area contributed by atoms with Crippen molar-refractivity contribution in [2.24, 2.45) is 5.92 Å². The second-order valence-corrected chi connectivity index (χ2v) is 14.2. The fraction of sp³-hybridized carbons (Fsp3) is 1.00. The Labute approximate surface area is 325 Å². The lowest BCUT2D eigenvalue weighted by Crippen LogP contribution is -2.65. The predicted molar refractivity (Wildman–Crippen MR) is 167 cm³/mol. The molecule has 1 aliphatic rings. The molecule has 1 saturated carbocycles. The van der Waals surface area contributed by atoms with Crippen LogP contribution in [0.15, 0.2) is 0 Å². The summed E-state index contributed by atoms with van der Waals surface area (Å²) in [6, 6.07) is 0. The van der Waals surface area contributed by atoms with E-state index in [0.29, 0.717) is 79.3 Å². The molecule has 1 rings (SSSR count). The summed E-state index contributed by atoms with van der Waals surface area (Å²) in [5.74, 6) is -1.75. The van der Waals surface area contributed by atoms with Crippen LogP contribution in [0, 0.1) is 5.92 Å². The van der Waals surface area contributed by atoms with E-state index in [4.69, 9.17) is 56.8 Å². The first-order valence-corrected chi connectivity index (χ1v) is 21.7. The quantitative estimate of drug-likeness (QED) is 0.0247. The first-order chi connectivity index (χ1) is 26.5. The zero-order valence-corrected chi connectivity index (χ0v) is 34.2. The Morgan fingerprint density at radius 1 is 0.446 bits per heavy atom. The topological polar surface area (TPSA) is 382 Å². The van der Waals surface area contributed by atoms with Gasteiger partial charge in [-0.1, -0.05) is 6.92 Å². The van der Waals surface area contributed by atoms with Gasteiger partial charge in [0.2, 0.25) is 0 Å². The van der Waals surface area contributed by atoms with Crippen LogP contribution in [0.5, 0.6) is 0 Å². The number of methoxy groups -OCH3 is 1. The van der Waals surface area contributed by atoms with Crippen LogP contribution in [-0.4, -0.2) is 157 Å². The highest BCUT2D eigenvalue weighted by Gasteiger charge is 2.52. The van der Waals surface area contributed by atoms with Crippen LogP contribution < -0.4 is 39.5 Å². The molecule has 0 amide bonds. The highest BCUT2D eigenvalue weighted by atomic mass is 31.2. The van der Waals surface area contributed by atoms with Crippen LogP contribution in [0.1, 0.15) is 6.92 Å². The smallest absolute Gasteiger partial charge is 0.118 e. The fourth-order valence-corrected chi connectivity index (χ4v) is 6.31. The van der Waals surface area contributed by atoms with Crippen LogP contribution in [0.3, 0.4) is 0 Å². The lowest BCUT2D eigenvalue weighted by atomic mass is 9.79. The van der Waals surface area contributed by atoms with Gasteiger partial charge in [0.05, 0.1) is 163 Å². The van der Waals surface area contributed by atoms with E-state index in [1.165, 1.54) is 0 Å². The van der Waals surface area contributed by atoms with Crippen molar-refractivity contribution in [1.82, 2.24) is 0 Å². The maximum absolute atomic E-state index is 11.6. The molecular formula is C26H48O26P4-8. The van der Waals surface area contributed by atoms with E-state index in [1.807, 2.05) is 0 Å². The molecule has 1 aliphatic carbocycles. The van der Waals surface area contributed by atoms with Crippen molar-refractivity contribution in [3.05, 3.63) is 0 Å². The van der Waals surface area contributed by atoms with Crippen molar-refractivity contribution >= 4 is 32.2 Å². The Bertz CT molecular complexity index is 1090. The highest BCUT2D eigenvalue weighted by molar-refractivity contribution is 7.43. The molecule has 0 spiro atoms. The molecule has 0 aromatic carbocycles. The molecule has 336 valence electrons. The van der Waals surface area contributed by atoms with Gasteiger partial charge in [-0.2, -0.15) is 0 Å². The lowest BCUT2D eigenvalue weighted by Gasteiger charge is -2.54. The Morgan fingerprint density at radius 2 is 0.696 bits per heavy atom. The number of hydrogen-bond donors (Lipinski definition) is 0. The summed E-state index contributed by atoms with van der Waals surface area (Å²) >= 11 is 0. The van der Waals surface area contributed by atoms with Crippen molar-refractivity contribution in [2.45, 2.75) is 37.4 Å². The molecule has 0 heterocycles. The molecule has 0 saturated heterocycles. The Morgan fingerprint density at radius 3 is 0.964 bits per heavy atom. The van der Waals surface area contributed by atoms with Gasteiger partial charge in [0, 0.05) is 13.0 Å². The molecule has 6 atom stereocenters. The van der Waals surface area contributed by atoms with Gasteiger partial charge in [-0.25, -0.2) is 0 Å². The average molecular weight is 901 g/mol. The molecule has 0 aromatic heterocycles. The number of ether oxygens (including phenoxy) is 10. The van der Waals surface area contributed by atoms with Gasteiger partial charge in [0.1, 0.15) is 18.3 Å². The van der Waals surface area contributed by atoms with Gasteiger partial charge < -0.3 is 119 Å². The van der Waals surface area contributed by atoms with Crippen molar-refractivity contribution in [2.75, 3.05) is 126 Å². The van der Waals surface area contributed by atoms with Crippen LogP contribution in [0.2, 0.25) is 0 Å². The lowest BCUT2D eigenvalue weighted by molar-refractivity contribution is -0.710. The summed E-state index contributed by atoms with van der Waals surface area (Å²) in [5, 5.41) is 11.6. The van der Waals surface area contributed by atoms with Gasteiger partial charge in [-0.3, -0.25) is 4.57 Å². The maximum Gasteiger partial charge on any atom is 0.118 e. The fourth-order valence-electron chi connectivity index (χ4n) is 4.55. The van der Waals surface area contributed by atoms with Crippen molar-refractivity contribution in [3.8, 4) is 0 Å². The Balaban J connectivity index is 0.00000974. The molecule has 0 aromatic rings. The van der Waals surface area contributed by atoms with Gasteiger partial charge in [0.15, 0.2) is 0 Å². The van der Waals surface area contributed by atoms with Crippen LogP contribution in [0.4, 0.5) is 0 Å². The van der Waals surface area contributed by atoms with Gasteiger partial charge in [-0.15, -0.1) is 0 Å². The molecule has 26 nitrogen and oxygen atoms in total. The first-order valence-electron chi connectivity index (χ1n) is 16.6. The summed E-state index contributed by atoms with van der Waals surface area (Å²) < 4.78 is 108. The molecule has 1 fully saturated rings. The molecule has 30 heteroatoms. The van der Waals surface area contributed by atoms with E-state index >= 15 is 0 Å². The average Bonchev–Trinajstić information content (AvgIpc) is 3.10. The number of phosphoric ester groups is 3. The SMILES string of the molecule is COCCOCCOCCOCCOCCOCCOCCOCCOCCOC1C(O[O-])C(OP(=O)([O-])[O-])C(C)C(OP(=O)([O-])[O-])C1OP(=O)([O-])[O-].O=P[O-].